The van der Waals surface area contributed by atoms with Crippen molar-refractivity contribution >= 4 is 0 Å². The lowest BCUT2D eigenvalue weighted by atomic mass is 10.3. The molecule has 0 bridgehead atoms. The van der Waals surface area contributed by atoms with Crippen LogP contribution in [0.4, 0.5) is 0 Å². The van der Waals surface area contributed by atoms with Gasteiger partial charge >= 0.3 is 0 Å². The van der Waals surface area contributed by atoms with Gasteiger partial charge in [0.15, 0.2) is 5.75 Å². The maximum atomic E-state index is 8.83. The number of aromatic nitrogens is 1. The fourth-order valence-corrected chi connectivity index (χ4v) is 1.30. The number of ether oxygens (including phenoxy) is 1. The highest BCUT2D eigenvalue weighted by Gasteiger charge is 2.02. The van der Waals surface area contributed by atoms with Gasteiger partial charge in [0.1, 0.15) is 11.8 Å². The van der Waals surface area contributed by atoms with E-state index in [-0.39, 0.29) is 0 Å². The molecule has 2 aromatic heterocycles. The largest absolute Gasteiger partial charge is 0.490 e. The van der Waals surface area contributed by atoms with Crippen LogP contribution in [0.5, 0.6) is 5.75 Å². The van der Waals surface area contributed by atoms with Gasteiger partial charge in [-0.1, -0.05) is 0 Å². The van der Waals surface area contributed by atoms with Gasteiger partial charge in [-0.15, -0.1) is 0 Å². The van der Waals surface area contributed by atoms with Crippen molar-refractivity contribution in [2.75, 3.05) is 6.61 Å². The summed E-state index contributed by atoms with van der Waals surface area (Å²) < 4.78 is 10.6. The summed E-state index contributed by atoms with van der Waals surface area (Å²) in [5, 5.41) is 8.83. The van der Waals surface area contributed by atoms with Gasteiger partial charge in [0.2, 0.25) is 0 Å². The van der Waals surface area contributed by atoms with Gasteiger partial charge < -0.3 is 9.15 Å². The quantitative estimate of drug-likeness (QED) is 0.782. The van der Waals surface area contributed by atoms with Crippen molar-refractivity contribution in [3.8, 4) is 11.8 Å². The van der Waals surface area contributed by atoms with Crippen molar-refractivity contribution in [3.63, 3.8) is 0 Å². The van der Waals surface area contributed by atoms with E-state index in [0.29, 0.717) is 24.3 Å². The molecule has 0 saturated carbocycles. The Hall–Kier alpha value is -2.28. The molecule has 0 aliphatic rings. The second kappa shape index (κ2) is 4.99. The molecule has 4 nitrogen and oxygen atoms in total. The smallest absolute Gasteiger partial charge is 0.155 e. The van der Waals surface area contributed by atoms with Gasteiger partial charge in [-0.05, 0) is 18.2 Å². The van der Waals surface area contributed by atoms with Gasteiger partial charge in [-0.2, -0.15) is 5.26 Å². The maximum absolute atomic E-state index is 8.83. The zero-order chi connectivity index (χ0) is 11.2. The molecule has 0 radical (unpaired) electrons. The fourth-order valence-electron chi connectivity index (χ4n) is 1.30. The summed E-state index contributed by atoms with van der Waals surface area (Å²) in [5.41, 5.74) is 0.495. The van der Waals surface area contributed by atoms with Crippen molar-refractivity contribution in [2.24, 2.45) is 0 Å². The first-order chi connectivity index (χ1) is 7.90. The first-order valence-electron chi connectivity index (χ1n) is 4.89. The molecular formula is C12H10N2O2. The van der Waals surface area contributed by atoms with Gasteiger partial charge in [0.25, 0.3) is 0 Å². The van der Waals surface area contributed by atoms with Crippen molar-refractivity contribution in [2.45, 2.75) is 6.42 Å². The SMILES string of the molecule is N#Cc1ccncc1OCCc1ccco1. The summed E-state index contributed by atoms with van der Waals surface area (Å²) in [5.74, 6) is 1.37. The lowest BCUT2D eigenvalue weighted by Crippen LogP contribution is -2.02. The monoisotopic (exact) mass is 214 g/mol. The van der Waals surface area contributed by atoms with Crippen LogP contribution < -0.4 is 4.74 Å². The number of hydrogen-bond acceptors (Lipinski definition) is 4. The number of nitriles is 1. The van der Waals surface area contributed by atoms with E-state index in [2.05, 4.69) is 11.1 Å². The van der Waals surface area contributed by atoms with Crippen LogP contribution in [0.15, 0.2) is 41.3 Å². The Morgan fingerprint density at radius 1 is 1.44 bits per heavy atom. The molecule has 0 aliphatic carbocycles. The highest BCUT2D eigenvalue weighted by atomic mass is 16.5. The zero-order valence-electron chi connectivity index (χ0n) is 8.59. The summed E-state index contributed by atoms with van der Waals surface area (Å²) in [4.78, 5) is 3.91. The Bertz CT molecular complexity index is 486. The van der Waals surface area contributed by atoms with Crippen LogP contribution in [0.1, 0.15) is 11.3 Å². The molecule has 0 amide bonds. The van der Waals surface area contributed by atoms with Crippen molar-refractivity contribution < 1.29 is 9.15 Å². The fraction of sp³-hybridized carbons (Fsp3) is 0.167. The Labute approximate surface area is 93.1 Å². The normalized spacial score (nSPS) is 9.69. The number of furan rings is 1. The molecule has 0 atom stereocenters. The van der Waals surface area contributed by atoms with Crippen LogP contribution in [0.2, 0.25) is 0 Å². The van der Waals surface area contributed by atoms with Gasteiger partial charge in [0.05, 0.1) is 24.6 Å². The molecule has 0 saturated heterocycles. The van der Waals surface area contributed by atoms with E-state index in [9.17, 15) is 0 Å². The Balaban J connectivity index is 1.93. The highest BCUT2D eigenvalue weighted by molar-refractivity contribution is 5.40. The lowest BCUT2D eigenvalue weighted by molar-refractivity contribution is 0.307. The number of pyridine rings is 1. The molecule has 0 fully saturated rings. The molecule has 0 N–H and O–H groups in total. The molecular weight excluding hydrogens is 204 g/mol. The predicted molar refractivity (Wildman–Crippen MR) is 56.9 cm³/mol. The third-order valence-electron chi connectivity index (χ3n) is 2.09. The van der Waals surface area contributed by atoms with E-state index >= 15 is 0 Å². The van der Waals surface area contributed by atoms with Crippen molar-refractivity contribution in [1.29, 1.82) is 5.26 Å². The number of nitrogens with zero attached hydrogens (tertiary/aromatic N) is 2. The average Bonchev–Trinajstić information content (AvgIpc) is 2.83. The second-order valence-electron chi connectivity index (χ2n) is 3.16. The van der Waals surface area contributed by atoms with Crippen LogP contribution in [0.25, 0.3) is 0 Å². The van der Waals surface area contributed by atoms with Crippen molar-refractivity contribution in [1.82, 2.24) is 4.98 Å². The van der Waals surface area contributed by atoms with Crippen LogP contribution in [0.3, 0.4) is 0 Å². The van der Waals surface area contributed by atoms with E-state index in [1.807, 2.05) is 12.1 Å². The lowest BCUT2D eigenvalue weighted by Gasteiger charge is -2.05. The van der Waals surface area contributed by atoms with Crippen LogP contribution in [0, 0.1) is 11.3 Å². The Kier molecular flexibility index (Phi) is 3.19. The average molecular weight is 214 g/mol. The molecule has 0 unspecified atom stereocenters. The number of hydrogen-bond donors (Lipinski definition) is 0. The molecule has 2 heterocycles. The minimum absolute atomic E-state index is 0.466. The Morgan fingerprint density at radius 3 is 3.12 bits per heavy atom. The third kappa shape index (κ3) is 2.39. The van der Waals surface area contributed by atoms with Crippen molar-refractivity contribution in [3.05, 3.63) is 48.2 Å². The van der Waals surface area contributed by atoms with E-state index < -0.39 is 0 Å². The first kappa shape index (κ1) is 10.2. The molecule has 0 spiro atoms. The summed E-state index contributed by atoms with van der Waals surface area (Å²) >= 11 is 0. The summed E-state index contributed by atoms with van der Waals surface area (Å²) in [6, 6.07) is 7.40. The molecule has 16 heavy (non-hydrogen) atoms. The van der Waals surface area contributed by atoms with Crippen LogP contribution >= 0.6 is 0 Å². The summed E-state index contributed by atoms with van der Waals surface area (Å²) in [6.07, 6.45) is 5.41. The zero-order valence-corrected chi connectivity index (χ0v) is 8.59. The molecule has 4 heteroatoms. The van der Waals surface area contributed by atoms with Crippen LogP contribution in [-0.2, 0) is 6.42 Å². The van der Waals surface area contributed by atoms with Gasteiger partial charge in [-0.3, -0.25) is 4.98 Å². The maximum Gasteiger partial charge on any atom is 0.155 e. The van der Waals surface area contributed by atoms with Gasteiger partial charge in [0, 0.05) is 12.6 Å². The topological polar surface area (TPSA) is 59.0 Å². The minimum Gasteiger partial charge on any atom is -0.490 e. The third-order valence-corrected chi connectivity index (χ3v) is 2.09. The van der Waals surface area contributed by atoms with E-state index in [1.165, 1.54) is 0 Å². The van der Waals surface area contributed by atoms with Gasteiger partial charge in [-0.25, -0.2) is 0 Å². The molecule has 2 rings (SSSR count). The predicted octanol–water partition coefficient (Wildman–Crippen LogP) is 2.17. The van der Waals surface area contributed by atoms with E-state index in [4.69, 9.17) is 14.4 Å². The molecule has 2 aromatic rings. The highest BCUT2D eigenvalue weighted by Crippen LogP contribution is 2.15. The summed E-state index contributed by atoms with van der Waals surface area (Å²) in [6.45, 7) is 0.466. The van der Waals surface area contributed by atoms with E-state index in [1.54, 1.807) is 24.7 Å². The van der Waals surface area contributed by atoms with E-state index in [0.717, 1.165) is 5.76 Å². The summed E-state index contributed by atoms with van der Waals surface area (Å²) in [7, 11) is 0. The molecule has 0 aliphatic heterocycles. The Morgan fingerprint density at radius 2 is 2.38 bits per heavy atom. The minimum atomic E-state index is 0.466. The second-order valence-corrected chi connectivity index (χ2v) is 3.16. The van der Waals surface area contributed by atoms with Crippen LogP contribution in [-0.4, -0.2) is 11.6 Å². The molecule has 0 aromatic carbocycles. The standard InChI is InChI=1S/C12H10N2O2/c13-8-10-3-5-14-9-12(10)16-7-4-11-2-1-6-15-11/h1-3,5-6,9H,4,7H2. The first-order valence-corrected chi connectivity index (χ1v) is 4.89. The molecule has 80 valence electrons. The number of rotatable bonds is 4.